The molecule has 0 aliphatic carbocycles. The maximum absolute atomic E-state index is 12.1. The second-order valence-corrected chi connectivity index (χ2v) is 4.83. The summed E-state index contributed by atoms with van der Waals surface area (Å²) in [6.07, 6.45) is 0. The minimum atomic E-state index is -0.476. The molecule has 0 aliphatic heterocycles. The third kappa shape index (κ3) is 4.06. The average molecular weight is 315 g/mol. The first-order valence-corrected chi connectivity index (χ1v) is 7.15. The van der Waals surface area contributed by atoms with Crippen LogP contribution in [0.1, 0.15) is 22.8 Å². The fraction of sp³-hybridized carbons (Fsp3) is 0.235. The molecular weight excluding hydrogens is 298 g/mol. The third-order valence-electron chi connectivity index (χ3n) is 3.30. The Morgan fingerprint density at radius 2 is 1.83 bits per heavy atom. The summed E-state index contributed by atoms with van der Waals surface area (Å²) in [5.74, 6) is 0.817. The van der Waals surface area contributed by atoms with E-state index in [0.717, 1.165) is 0 Å². The third-order valence-corrected chi connectivity index (χ3v) is 3.30. The average Bonchev–Trinajstić information content (AvgIpc) is 2.54. The molecule has 0 unspecified atom stereocenters. The summed E-state index contributed by atoms with van der Waals surface area (Å²) in [4.78, 5) is 22.5. The van der Waals surface area contributed by atoms with Crippen molar-refractivity contribution < 1.29 is 19.2 Å². The molecule has 23 heavy (non-hydrogen) atoms. The van der Waals surface area contributed by atoms with Gasteiger partial charge < -0.3 is 9.47 Å². The molecule has 0 fully saturated rings. The van der Waals surface area contributed by atoms with Gasteiger partial charge in [0.25, 0.3) is 5.69 Å². The number of ether oxygens (including phenoxy) is 2. The Morgan fingerprint density at radius 3 is 2.43 bits per heavy atom. The van der Waals surface area contributed by atoms with Gasteiger partial charge in [-0.25, -0.2) is 0 Å². The second-order valence-electron chi connectivity index (χ2n) is 4.83. The van der Waals surface area contributed by atoms with Crippen molar-refractivity contribution in [2.75, 3.05) is 13.2 Å². The van der Waals surface area contributed by atoms with E-state index in [1.165, 1.54) is 12.1 Å². The van der Waals surface area contributed by atoms with Crippen molar-refractivity contribution >= 4 is 11.5 Å². The molecular formula is C17H17NO5. The zero-order valence-corrected chi connectivity index (χ0v) is 12.9. The number of benzene rings is 2. The molecule has 0 saturated carbocycles. The normalized spacial score (nSPS) is 10.2. The number of nitro benzene ring substituents is 1. The van der Waals surface area contributed by atoms with E-state index in [0.29, 0.717) is 29.2 Å². The van der Waals surface area contributed by atoms with Crippen LogP contribution in [0.2, 0.25) is 0 Å². The van der Waals surface area contributed by atoms with Gasteiger partial charge in [0, 0.05) is 11.6 Å². The molecule has 6 heteroatoms. The lowest BCUT2D eigenvalue weighted by atomic mass is 10.1. The van der Waals surface area contributed by atoms with E-state index in [1.54, 1.807) is 37.3 Å². The van der Waals surface area contributed by atoms with Gasteiger partial charge in [0.05, 0.1) is 17.1 Å². The summed E-state index contributed by atoms with van der Waals surface area (Å²) < 4.78 is 10.8. The number of nitrogens with zero attached hydrogens (tertiary/aromatic N) is 1. The molecule has 0 aromatic heterocycles. The van der Waals surface area contributed by atoms with Crippen LogP contribution in [0.15, 0.2) is 42.5 Å². The summed E-state index contributed by atoms with van der Waals surface area (Å²) in [5.41, 5.74) is 0.865. The zero-order chi connectivity index (χ0) is 16.8. The van der Waals surface area contributed by atoms with E-state index in [9.17, 15) is 14.9 Å². The molecule has 0 spiro atoms. The molecule has 120 valence electrons. The minimum Gasteiger partial charge on any atom is -0.494 e. The molecule has 6 nitrogen and oxygen atoms in total. The number of nitro groups is 1. The van der Waals surface area contributed by atoms with Crippen molar-refractivity contribution in [1.29, 1.82) is 0 Å². The Hall–Kier alpha value is -2.89. The molecule has 0 heterocycles. The summed E-state index contributed by atoms with van der Waals surface area (Å²) in [7, 11) is 0. The standard InChI is InChI=1S/C17H17NO5/c1-3-22-14-9-7-13(8-10-14)16(19)11-23-17-6-4-5-15(12(17)2)18(20)21/h4-10H,3,11H2,1-2H3. The fourth-order valence-corrected chi connectivity index (χ4v) is 2.09. The molecule has 0 aliphatic rings. The summed E-state index contributed by atoms with van der Waals surface area (Å²) in [5, 5.41) is 10.9. The molecule has 2 rings (SSSR count). The number of carbonyl (C=O) groups is 1. The van der Waals surface area contributed by atoms with E-state index < -0.39 is 4.92 Å². The molecule has 0 saturated heterocycles. The fourth-order valence-electron chi connectivity index (χ4n) is 2.09. The van der Waals surface area contributed by atoms with E-state index in [1.807, 2.05) is 6.92 Å². The number of Topliss-reactive ketones (excluding diaryl/α,β-unsaturated/α-hetero) is 1. The van der Waals surface area contributed by atoms with Gasteiger partial charge in [0.15, 0.2) is 12.4 Å². The maximum Gasteiger partial charge on any atom is 0.276 e. The van der Waals surface area contributed by atoms with Gasteiger partial charge in [-0.1, -0.05) is 6.07 Å². The van der Waals surface area contributed by atoms with Gasteiger partial charge in [-0.3, -0.25) is 14.9 Å². The van der Waals surface area contributed by atoms with Crippen LogP contribution < -0.4 is 9.47 Å². The second kappa shape index (κ2) is 7.40. The summed E-state index contributed by atoms with van der Waals surface area (Å²) in [6.45, 7) is 3.85. The molecule has 0 radical (unpaired) electrons. The lowest BCUT2D eigenvalue weighted by Crippen LogP contribution is -2.12. The highest BCUT2D eigenvalue weighted by Crippen LogP contribution is 2.27. The lowest BCUT2D eigenvalue weighted by Gasteiger charge is -2.09. The van der Waals surface area contributed by atoms with Crippen LogP contribution in [0.5, 0.6) is 11.5 Å². The highest BCUT2D eigenvalue weighted by atomic mass is 16.6. The van der Waals surface area contributed by atoms with Gasteiger partial charge in [-0.05, 0) is 44.2 Å². The van der Waals surface area contributed by atoms with Crippen LogP contribution in [-0.2, 0) is 0 Å². The number of rotatable bonds is 7. The molecule has 2 aromatic carbocycles. The van der Waals surface area contributed by atoms with Crippen molar-refractivity contribution in [3.63, 3.8) is 0 Å². The monoisotopic (exact) mass is 315 g/mol. The van der Waals surface area contributed by atoms with Crippen LogP contribution in [0.25, 0.3) is 0 Å². The molecule has 0 N–H and O–H groups in total. The van der Waals surface area contributed by atoms with Crippen molar-refractivity contribution in [2.45, 2.75) is 13.8 Å². The SMILES string of the molecule is CCOc1ccc(C(=O)COc2cccc([N+](=O)[O-])c2C)cc1. The van der Waals surface area contributed by atoms with E-state index in [-0.39, 0.29) is 18.1 Å². The van der Waals surface area contributed by atoms with Crippen molar-refractivity contribution in [1.82, 2.24) is 0 Å². The van der Waals surface area contributed by atoms with Crippen LogP contribution >= 0.6 is 0 Å². The predicted molar refractivity (Wildman–Crippen MR) is 85.3 cm³/mol. The van der Waals surface area contributed by atoms with Gasteiger partial charge >= 0.3 is 0 Å². The minimum absolute atomic E-state index is 0.0315. The first kappa shape index (κ1) is 16.5. The number of hydrogen-bond acceptors (Lipinski definition) is 5. The van der Waals surface area contributed by atoms with Crippen LogP contribution in [0.4, 0.5) is 5.69 Å². The number of ketones is 1. The maximum atomic E-state index is 12.1. The first-order chi connectivity index (χ1) is 11.0. The smallest absolute Gasteiger partial charge is 0.276 e. The largest absolute Gasteiger partial charge is 0.494 e. The van der Waals surface area contributed by atoms with E-state index >= 15 is 0 Å². The first-order valence-electron chi connectivity index (χ1n) is 7.15. The van der Waals surface area contributed by atoms with Gasteiger partial charge in [-0.2, -0.15) is 0 Å². The number of carbonyl (C=O) groups excluding carboxylic acids is 1. The highest BCUT2D eigenvalue weighted by molar-refractivity contribution is 5.97. The Labute approximate surface area is 133 Å². The van der Waals surface area contributed by atoms with Crippen molar-refractivity contribution in [2.24, 2.45) is 0 Å². The van der Waals surface area contributed by atoms with Gasteiger partial charge in [-0.15, -0.1) is 0 Å². The summed E-state index contributed by atoms with van der Waals surface area (Å²) >= 11 is 0. The van der Waals surface area contributed by atoms with Crippen LogP contribution in [-0.4, -0.2) is 23.9 Å². The Balaban J connectivity index is 2.04. The quantitative estimate of drug-likeness (QED) is 0.443. The van der Waals surface area contributed by atoms with E-state index in [4.69, 9.17) is 9.47 Å². The highest BCUT2D eigenvalue weighted by Gasteiger charge is 2.15. The topological polar surface area (TPSA) is 78.7 Å². The lowest BCUT2D eigenvalue weighted by molar-refractivity contribution is -0.385. The van der Waals surface area contributed by atoms with E-state index in [2.05, 4.69) is 0 Å². The molecule has 0 bridgehead atoms. The Morgan fingerprint density at radius 1 is 1.13 bits per heavy atom. The Kier molecular flexibility index (Phi) is 5.30. The van der Waals surface area contributed by atoms with Gasteiger partial charge in [0.1, 0.15) is 11.5 Å². The van der Waals surface area contributed by atoms with Crippen molar-refractivity contribution in [3.05, 3.63) is 63.7 Å². The predicted octanol–water partition coefficient (Wildman–Crippen LogP) is 3.56. The Bertz CT molecular complexity index is 709. The number of hydrogen-bond donors (Lipinski definition) is 0. The van der Waals surface area contributed by atoms with Crippen molar-refractivity contribution in [3.8, 4) is 11.5 Å². The summed E-state index contributed by atoms with van der Waals surface area (Å²) in [6, 6.07) is 11.3. The van der Waals surface area contributed by atoms with Crippen LogP contribution in [0, 0.1) is 17.0 Å². The molecule has 2 aromatic rings. The zero-order valence-electron chi connectivity index (χ0n) is 12.9. The molecule has 0 atom stereocenters. The molecule has 0 amide bonds. The van der Waals surface area contributed by atoms with Crippen LogP contribution in [0.3, 0.4) is 0 Å². The van der Waals surface area contributed by atoms with Gasteiger partial charge in [0.2, 0.25) is 0 Å².